The minimum Gasteiger partial charge on any atom is -0.493 e. The first kappa shape index (κ1) is 13.4. The molecule has 0 aliphatic carbocycles. The maximum Gasteiger partial charge on any atom is 0.124 e. The minimum atomic E-state index is -0.199. The van der Waals surface area contributed by atoms with E-state index in [1.165, 1.54) is 17.2 Å². The van der Waals surface area contributed by atoms with E-state index in [2.05, 4.69) is 50.7 Å². The van der Waals surface area contributed by atoms with Crippen molar-refractivity contribution in [2.75, 3.05) is 6.61 Å². The molecule has 1 aliphatic rings. The van der Waals surface area contributed by atoms with Crippen molar-refractivity contribution >= 4 is 38.5 Å². The highest BCUT2D eigenvalue weighted by Gasteiger charge is 2.18. The molecule has 0 radical (unpaired) electrons. The molecule has 1 aliphatic heterocycles. The summed E-state index contributed by atoms with van der Waals surface area (Å²) in [5, 5.41) is 0. The summed E-state index contributed by atoms with van der Waals surface area (Å²) in [6.07, 6.45) is 0.962. The Hall–Kier alpha value is -0.620. The van der Waals surface area contributed by atoms with Gasteiger partial charge in [-0.1, -0.05) is 34.1 Å². The summed E-state index contributed by atoms with van der Waals surface area (Å²) in [5.41, 5.74) is 3.51. The first-order chi connectivity index (χ1) is 9.15. The number of halogens is 3. The monoisotopic (exact) mass is 432 g/mol. The molecule has 0 saturated carbocycles. The van der Waals surface area contributed by atoms with E-state index in [1.807, 2.05) is 12.1 Å². The van der Waals surface area contributed by atoms with Gasteiger partial charge in [-0.2, -0.15) is 0 Å². The molecule has 19 heavy (non-hydrogen) atoms. The Balaban J connectivity index is 1.97. The average Bonchev–Trinajstić information content (AvgIpc) is 2.85. The zero-order chi connectivity index (χ0) is 13.4. The van der Waals surface area contributed by atoms with Gasteiger partial charge in [0, 0.05) is 9.99 Å². The van der Waals surface area contributed by atoms with Crippen LogP contribution in [0.2, 0.25) is 0 Å². The predicted molar refractivity (Wildman–Crippen MR) is 85.5 cm³/mol. The van der Waals surface area contributed by atoms with Crippen LogP contribution in [0.15, 0.2) is 36.4 Å². The van der Waals surface area contributed by atoms with Crippen molar-refractivity contribution in [2.45, 2.75) is 11.2 Å². The van der Waals surface area contributed by atoms with E-state index in [1.54, 1.807) is 6.07 Å². The molecule has 0 spiro atoms. The van der Waals surface area contributed by atoms with E-state index < -0.39 is 0 Å². The van der Waals surface area contributed by atoms with Crippen molar-refractivity contribution in [1.29, 1.82) is 0 Å². The number of ether oxygens (including phenoxy) is 1. The van der Waals surface area contributed by atoms with Gasteiger partial charge >= 0.3 is 0 Å². The molecule has 2 aromatic carbocycles. The Bertz CT molecular complexity index is 630. The number of benzene rings is 2. The van der Waals surface area contributed by atoms with E-state index in [4.69, 9.17) is 4.74 Å². The van der Waals surface area contributed by atoms with Crippen molar-refractivity contribution < 1.29 is 9.13 Å². The van der Waals surface area contributed by atoms with Crippen LogP contribution in [0.3, 0.4) is 0 Å². The van der Waals surface area contributed by atoms with Crippen LogP contribution in [0.25, 0.3) is 0 Å². The molecule has 2 aromatic rings. The third-order valence-electron chi connectivity index (χ3n) is 3.24. The van der Waals surface area contributed by atoms with Crippen LogP contribution in [0, 0.1) is 9.39 Å². The highest BCUT2D eigenvalue weighted by atomic mass is 127. The maximum atomic E-state index is 13.2. The van der Waals surface area contributed by atoms with Gasteiger partial charge in [0.25, 0.3) is 0 Å². The van der Waals surface area contributed by atoms with E-state index in [9.17, 15) is 4.39 Å². The third-order valence-corrected chi connectivity index (χ3v) is 5.20. The second-order valence-corrected chi connectivity index (χ2v) is 6.57. The van der Waals surface area contributed by atoms with Crippen LogP contribution < -0.4 is 4.74 Å². The Morgan fingerprint density at radius 2 is 2.05 bits per heavy atom. The lowest BCUT2D eigenvalue weighted by atomic mass is 10.0. The van der Waals surface area contributed by atoms with Crippen molar-refractivity contribution in [3.8, 4) is 5.75 Å². The van der Waals surface area contributed by atoms with Crippen LogP contribution in [-0.4, -0.2) is 6.61 Å². The van der Waals surface area contributed by atoms with Crippen LogP contribution in [0.4, 0.5) is 4.39 Å². The topological polar surface area (TPSA) is 9.23 Å². The van der Waals surface area contributed by atoms with Crippen molar-refractivity contribution in [3.63, 3.8) is 0 Å². The summed E-state index contributed by atoms with van der Waals surface area (Å²) in [6.45, 7) is 0.764. The second kappa shape index (κ2) is 5.40. The molecule has 1 atom stereocenters. The number of fused-ring (bicyclic) bond motifs is 1. The minimum absolute atomic E-state index is 0.0749. The fraction of sp³-hybridized carbons (Fsp3) is 0.200. The number of rotatable bonds is 2. The molecule has 0 fully saturated rings. The van der Waals surface area contributed by atoms with E-state index >= 15 is 0 Å². The van der Waals surface area contributed by atoms with Gasteiger partial charge in [0.15, 0.2) is 0 Å². The quantitative estimate of drug-likeness (QED) is 0.487. The second-order valence-electron chi connectivity index (χ2n) is 4.49. The van der Waals surface area contributed by atoms with Crippen molar-refractivity contribution in [1.82, 2.24) is 0 Å². The molecule has 1 nitrogen and oxygen atoms in total. The van der Waals surface area contributed by atoms with Gasteiger partial charge in [-0.3, -0.25) is 0 Å². The predicted octanol–water partition coefficient (Wildman–Crippen LogP) is 4.85. The third kappa shape index (κ3) is 2.65. The molecular weight excluding hydrogens is 422 g/mol. The fourth-order valence-corrected chi connectivity index (χ4v) is 4.15. The van der Waals surface area contributed by atoms with Gasteiger partial charge in [-0.15, -0.1) is 0 Å². The summed E-state index contributed by atoms with van der Waals surface area (Å²) in [4.78, 5) is 0.0749. The highest BCUT2D eigenvalue weighted by Crippen LogP contribution is 2.37. The van der Waals surface area contributed by atoms with E-state index in [-0.39, 0.29) is 10.6 Å². The summed E-state index contributed by atoms with van der Waals surface area (Å²) >= 11 is 5.88. The van der Waals surface area contributed by atoms with E-state index in [0.717, 1.165) is 27.9 Å². The average molecular weight is 433 g/mol. The molecule has 4 heteroatoms. The molecular formula is C15H11BrFIO. The van der Waals surface area contributed by atoms with Gasteiger partial charge in [-0.05, 0) is 57.5 Å². The number of alkyl halides is 1. The Morgan fingerprint density at radius 1 is 1.21 bits per heavy atom. The molecule has 0 bridgehead atoms. The summed E-state index contributed by atoms with van der Waals surface area (Å²) in [7, 11) is 0. The normalized spacial score (nSPS) is 14.9. The lowest BCUT2D eigenvalue weighted by Crippen LogP contribution is -1.97. The van der Waals surface area contributed by atoms with Gasteiger partial charge in [0.2, 0.25) is 0 Å². The lowest BCUT2D eigenvalue weighted by molar-refractivity contribution is 0.357. The smallest absolute Gasteiger partial charge is 0.124 e. The van der Waals surface area contributed by atoms with Crippen molar-refractivity contribution in [2.24, 2.45) is 0 Å². The summed E-state index contributed by atoms with van der Waals surface area (Å²) in [5.74, 6) is 0.785. The lowest BCUT2D eigenvalue weighted by Gasteiger charge is -2.14. The van der Waals surface area contributed by atoms with E-state index in [0.29, 0.717) is 0 Å². The molecule has 1 heterocycles. The van der Waals surface area contributed by atoms with Crippen LogP contribution in [0.1, 0.15) is 21.5 Å². The maximum absolute atomic E-state index is 13.2. The molecule has 0 N–H and O–H groups in total. The first-order valence-electron chi connectivity index (χ1n) is 6.00. The SMILES string of the molecule is Fc1ccc(C(Br)c2ccc3c(c2)CCO3)c(I)c1. The Labute approximate surface area is 133 Å². The number of hydrogen-bond donors (Lipinski definition) is 0. The zero-order valence-corrected chi connectivity index (χ0v) is 13.7. The number of hydrogen-bond acceptors (Lipinski definition) is 1. The fourth-order valence-electron chi connectivity index (χ4n) is 2.25. The molecule has 1 unspecified atom stereocenters. The molecule has 98 valence electrons. The van der Waals surface area contributed by atoms with Crippen molar-refractivity contribution in [3.05, 3.63) is 62.5 Å². The Morgan fingerprint density at radius 3 is 2.84 bits per heavy atom. The zero-order valence-electron chi connectivity index (χ0n) is 10.00. The highest BCUT2D eigenvalue weighted by molar-refractivity contribution is 14.1. The van der Waals surface area contributed by atoms with Gasteiger partial charge < -0.3 is 4.74 Å². The summed E-state index contributed by atoms with van der Waals surface area (Å²) in [6, 6.07) is 11.1. The molecule has 3 rings (SSSR count). The van der Waals surface area contributed by atoms with Crippen LogP contribution >= 0.6 is 38.5 Å². The molecule has 0 saturated heterocycles. The molecule has 0 amide bonds. The van der Waals surface area contributed by atoms with Crippen LogP contribution in [0.5, 0.6) is 5.75 Å². The van der Waals surface area contributed by atoms with Gasteiger partial charge in [0.1, 0.15) is 11.6 Å². The standard InChI is InChI=1S/C15H11BrFIO/c16-15(12-3-2-11(17)8-13(12)18)10-1-4-14-9(7-10)5-6-19-14/h1-4,7-8,15H,5-6H2. The Kier molecular flexibility index (Phi) is 3.80. The largest absolute Gasteiger partial charge is 0.493 e. The summed E-state index contributed by atoms with van der Waals surface area (Å²) < 4.78 is 19.6. The first-order valence-corrected chi connectivity index (χ1v) is 7.99. The van der Waals surface area contributed by atoms with Gasteiger partial charge in [0.05, 0.1) is 11.4 Å². The molecule has 0 aromatic heterocycles. The van der Waals surface area contributed by atoms with Gasteiger partial charge in [-0.25, -0.2) is 4.39 Å². The van der Waals surface area contributed by atoms with Crippen LogP contribution in [-0.2, 0) is 6.42 Å².